The minimum atomic E-state index is 0.201. The lowest BCUT2D eigenvalue weighted by molar-refractivity contribution is 0.566. The molecule has 1 aliphatic heterocycles. The Hall–Kier alpha value is -1.24. The molecule has 2 rings (SSSR count). The van der Waals surface area contributed by atoms with Crippen LogP contribution < -0.4 is 10.6 Å². The van der Waals surface area contributed by atoms with Gasteiger partial charge in [0.1, 0.15) is 0 Å². The van der Waals surface area contributed by atoms with E-state index >= 15 is 0 Å². The van der Waals surface area contributed by atoms with Crippen LogP contribution in [-0.4, -0.2) is 19.1 Å². The standard InChI is InChI=1S/C12H14ClN3/c1-8-6-16(7-11(8)15)12-3-2-9(5-14)4-10(12)13/h2-4,8,11H,6-7,15H2,1H3. The zero-order valence-electron chi connectivity index (χ0n) is 9.15. The second kappa shape index (κ2) is 4.32. The SMILES string of the molecule is CC1CN(c2ccc(C#N)cc2Cl)CC1N. The fourth-order valence-electron chi connectivity index (χ4n) is 2.02. The molecular weight excluding hydrogens is 222 g/mol. The Balaban J connectivity index is 2.26. The van der Waals surface area contributed by atoms with Gasteiger partial charge >= 0.3 is 0 Å². The summed E-state index contributed by atoms with van der Waals surface area (Å²) in [6, 6.07) is 7.66. The number of rotatable bonds is 1. The van der Waals surface area contributed by atoms with Gasteiger partial charge in [0.05, 0.1) is 22.3 Å². The molecule has 0 spiro atoms. The van der Waals surface area contributed by atoms with Crippen LogP contribution in [0.1, 0.15) is 12.5 Å². The minimum Gasteiger partial charge on any atom is -0.368 e. The van der Waals surface area contributed by atoms with Crippen molar-refractivity contribution in [3.05, 3.63) is 28.8 Å². The first-order chi connectivity index (χ1) is 7.61. The number of nitrogens with zero attached hydrogens (tertiary/aromatic N) is 2. The Labute approximate surface area is 100 Å². The van der Waals surface area contributed by atoms with Gasteiger partial charge in [0, 0.05) is 19.1 Å². The maximum Gasteiger partial charge on any atom is 0.0992 e. The van der Waals surface area contributed by atoms with Crippen LogP contribution in [0, 0.1) is 17.2 Å². The average Bonchev–Trinajstić information content (AvgIpc) is 2.58. The van der Waals surface area contributed by atoms with E-state index in [0.717, 1.165) is 18.8 Å². The lowest BCUT2D eigenvalue weighted by Gasteiger charge is -2.19. The minimum absolute atomic E-state index is 0.201. The summed E-state index contributed by atoms with van der Waals surface area (Å²) in [5, 5.41) is 9.39. The van der Waals surface area contributed by atoms with Crippen LogP contribution in [0.3, 0.4) is 0 Å². The Bertz CT molecular complexity index is 428. The first-order valence-electron chi connectivity index (χ1n) is 5.32. The van der Waals surface area contributed by atoms with Gasteiger partial charge in [-0.15, -0.1) is 0 Å². The van der Waals surface area contributed by atoms with E-state index in [2.05, 4.69) is 17.9 Å². The molecule has 0 aromatic heterocycles. The maximum absolute atomic E-state index is 8.76. The van der Waals surface area contributed by atoms with Crippen molar-refractivity contribution in [1.29, 1.82) is 5.26 Å². The second-order valence-electron chi connectivity index (χ2n) is 4.32. The highest BCUT2D eigenvalue weighted by Gasteiger charge is 2.27. The summed E-state index contributed by atoms with van der Waals surface area (Å²) >= 11 is 6.15. The molecule has 1 aromatic carbocycles. The van der Waals surface area contributed by atoms with Crippen molar-refractivity contribution in [3.63, 3.8) is 0 Å². The van der Waals surface area contributed by atoms with Crippen molar-refractivity contribution in [2.24, 2.45) is 11.7 Å². The highest BCUT2D eigenvalue weighted by molar-refractivity contribution is 6.33. The monoisotopic (exact) mass is 235 g/mol. The predicted molar refractivity (Wildman–Crippen MR) is 65.5 cm³/mol. The largest absolute Gasteiger partial charge is 0.368 e. The highest BCUT2D eigenvalue weighted by Crippen LogP contribution is 2.30. The summed E-state index contributed by atoms with van der Waals surface area (Å²) in [7, 11) is 0. The van der Waals surface area contributed by atoms with Crippen molar-refractivity contribution in [3.8, 4) is 6.07 Å². The third kappa shape index (κ3) is 1.99. The third-order valence-electron chi connectivity index (χ3n) is 3.09. The van der Waals surface area contributed by atoms with Gasteiger partial charge in [-0.05, 0) is 24.1 Å². The Morgan fingerprint density at radius 1 is 1.50 bits per heavy atom. The van der Waals surface area contributed by atoms with Crippen LogP contribution in [0.2, 0.25) is 5.02 Å². The molecule has 0 amide bonds. The van der Waals surface area contributed by atoms with Crippen LogP contribution in [0.4, 0.5) is 5.69 Å². The van der Waals surface area contributed by atoms with Gasteiger partial charge in [-0.3, -0.25) is 0 Å². The zero-order valence-corrected chi connectivity index (χ0v) is 9.91. The number of anilines is 1. The summed E-state index contributed by atoms with van der Waals surface area (Å²) in [5.74, 6) is 0.478. The summed E-state index contributed by atoms with van der Waals surface area (Å²) < 4.78 is 0. The van der Waals surface area contributed by atoms with E-state index in [1.54, 1.807) is 12.1 Å². The number of hydrogen-bond donors (Lipinski definition) is 1. The second-order valence-corrected chi connectivity index (χ2v) is 4.73. The molecule has 1 fully saturated rings. The van der Waals surface area contributed by atoms with Crippen LogP contribution in [0.15, 0.2) is 18.2 Å². The molecular formula is C12H14ClN3. The van der Waals surface area contributed by atoms with E-state index in [9.17, 15) is 0 Å². The fraction of sp³-hybridized carbons (Fsp3) is 0.417. The van der Waals surface area contributed by atoms with Crippen LogP contribution in [-0.2, 0) is 0 Å². The number of nitriles is 1. The van der Waals surface area contributed by atoms with Gasteiger partial charge in [-0.25, -0.2) is 0 Å². The van der Waals surface area contributed by atoms with Gasteiger partial charge in [-0.1, -0.05) is 18.5 Å². The highest BCUT2D eigenvalue weighted by atomic mass is 35.5. The van der Waals surface area contributed by atoms with Crippen molar-refractivity contribution in [2.75, 3.05) is 18.0 Å². The zero-order chi connectivity index (χ0) is 11.7. The summed E-state index contributed by atoms with van der Waals surface area (Å²) in [4.78, 5) is 2.18. The molecule has 2 atom stereocenters. The molecule has 0 bridgehead atoms. The van der Waals surface area contributed by atoms with E-state index in [1.165, 1.54) is 0 Å². The molecule has 2 unspecified atom stereocenters. The molecule has 84 valence electrons. The van der Waals surface area contributed by atoms with Crippen molar-refractivity contribution >= 4 is 17.3 Å². The molecule has 0 aliphatic carbocycles. The normalized spacial score (nSPS) is 24.5. The van der Waals surface area contributed by atoms with E-state index in [-0.39, 0.29) is 6.04 Å². The molecule has 1 saturated heterocycles. The van der Waals surface area contributed by atoms with E-state index < -0.39 is 0 Å². The number of hydrogen-bond acceptors (Lipinski definition) is 3. The van der Waals surface area contributed by atoms with E-state index in [0.29, 0.717) is 16.5 Å². The lowest BCUT2D eigenvalue weighted by atomic mass is 10.1. The molecule has 3 nitrogen and oxygen atoms in total. The lowest BCUT2D eigenvalue weighted by Crippen LogP contribution is -2.28. The quantitative estimate of drug-likeness (QED) is 0.810. The van der Waals surface area contributed by atoms with Crippen molar-refractivity contribution in [2.45, 2.75) is 13.0 Å². The van der Waals surface area contributed by atoms with Gasteiger partial charge in [-0.2, -0.15) is 5.26 Å². The third-order valence-corrected chi connectivity index (χ3v) is 3.39. The Morgan fingerprint density at radius 2 is 2.25 bits per heavy atom. The molecule has 1 aromatic rings. The maximum atomic E-state index is 8.76. The number of nitrogens with two attached hydrogens (primary N) is 1. The Morgan fingerprint density at radius 3 is 2.75 bits per heavy atom. The van der Waals surface area contributed by atoms with Gasteiger partial charge in [0.2, 0.25) is 0 Å². The molecule has 0 radical (unpaired) electrons. The molecule has 1 aliphatic rings. The molecule has 16 heavy (non-hydrogen) atoms. The molecule has 0 saturated carbocycles. The van der Waals surface area contributed by atoms with E-state index in [4.69, 9.17) is 22.6 Å². The van der Waals surface area contributed by atoms with E-state index in [1.807, 2.05) is 6.07 Å². The van der Waals surface area contributed by atoms with Crippen LogP contribution in [0.25, 0.3) is 0 Å². The summed E-state index contributed by atoms with van der Waals surface area (Å²) in [6.45, 7) is 3.89. The number of halogens is 1. The molecule has 1 heterocycles. The summed E-state index contributed by atoms with van der Waals surface area (Å²) in [5.41, 5.74) is 7.54. The summed E-state index contributed by atoms with van der Waals surface area (Å²) in [6.07, 6.45) is 0. The van der Waals surface area contributed by atoms with Gasteiger partial charge in [0.15, 0.2) is 0 Å². The van der Waals surface area contributed by atoms with Gasteiger partial charge < -0.3 is 10.6 Å². The smallest absolute Gasteiger partial charge is 0.0992 e. The first kappa shape index (κ1) is 11.3. The first-order valence-corrected chi connectivity index (χ1v) is 5.70. The Kier molecular flexibility index (Phi) is 3.04. The van der Waals surface area contributed by atoms with Crippen LogP contribution >= 0.6 is 11.6 Å². The van der Waals surface area contributed by atoms with Crippen LogP contribution in [0.5, 0.6) is 0 Å². The fourth-order valence-corrected chi connectivity index (χ4v) is 2.32. The number of benzene rings is 1. The van der Waals surface area contributed by atoms with Crippen molar-refractivity contribution in [1.82, 2.24) is 0 Å². The molecule has 4 heteroatoms. The van der Waals surface area contributed by atoms with Gasteiger partial charge in [0.25, 0.3) is 0 Å². The predicted octanol–water partition coefficient (Wildman–Crippen LogP) is 2.00. The topological polar surface area (TPSA) is 53.0 Å². The average molecular weight is 236 g/mol. The molecule has 2 N–H and O–H groups in total. The van der Waals surface area contributed by atoms with Crippen molar-refractivity contribution < 1.29 is 0 Å².